The van der Waals surface area contributed by atoms with Crippen molar-refractivity contribution >= 4 is 23.4 Å². The second kappa shape index (κ2) is 7.59. The molecule has 0 aliphatic rings. The standard InChI is InChI=1S/C17H14N2O5/c20-13-9-5-4-8-12(13)16(23)18-19-17(24)15(22)10-14(21)11-6-2-1-3-7-11/h1-10,20-21H,(H,18,23)(H,19,24). The SMILES string of the molecule is O=C(C=C(O)c1ccccc1)C(=O)NNC(=O)c1ccccc1O. The van der Waals surface area contributed by atoms with Crippen molar-refractivity contribution in [2.45, 2.75) is 0 Å². The summed E-state index contributed by atoms with van der Waals surface area (Å²) in [5.41, 5.74) is 4.22. The van der Waals surface area contributed by atoms with Crippen LogP contribution in [-0.4, -0.2) is 27.8 Å². The minimum atomic E-state index is -1.14. The Morgan fingerprint density at radius 1 is 0.875 bits per heavy atom. The molecule has 7 heteroatoms. The molecule has 0 unspecified atom stereocenters. The van der Waals surface area contributed by atoms with Gasteiger partial charge in [-0.05, 0) is 12.1 Å². The zero-order chi connectivity index (χ0) is 17.5. The average molecular weight is 326 g/mol. The third kappa shape index (κ3) is 4.20. The van der Waals surface area contributed by atoms with Crippen molar-refractivity contribution in [3.63, 3.8) is 0 Å². The van der Waals surface area contributed by atoms with Crippen molar-refractivity contribution in [2.24, 2.45) is 0 Å². The molecule has 0 aliphatic carbocycles. The van der Waals surface area contributed by atoms with Gasteiger partial charge in [0.25, 0.3) is 5.91 Å². The fourth-order valence-electron chi connectivity index (χ4n) is 1.79. The van der Waals surface area contributed by atoms with Gasteiger partial charge in [0.1, 0.15) is 11.5 Å². The summed E-state index contributed by atoms with van der Waals surface area (Å²) in [6.45, 7) is 0. The van der Waals surface area contributed by atoms with Gasteiger partial charge in [-0.2, -0.15) is 0 Å². The molecule has 2 aromatic carbocycles. The van der Waals surface area contributed by atoms with Gasteiger partial charge in [-0.3, -0.25) is 25.2 Å². The van der Waals surface area contributed by atoms with Crippen LogP contribution in [0.2, 0.25) is 0 Å². The van der Waals surface area contributed by atoms with Crippen LogP contribution in [0.5, 0.6) is 5.75 Å². The van der Waals surface area contributed by atoms with Gasteiger partial charge >= 0.3 is 5.91 Å². The van der Waals surface area contributed by atoms with E-state index in [1.807, 2.05) is 10.9 Å². The van der Waals surface area contributed by atoms with E-state index in [2.05, 4.69) is 0 Å². The normalized spacial score (nSPS) is 10.8. The Balaban J connectivity index is 1.96. The molecule has 122 valence electrons. The quantitative estimate of drug-likeness (QED) is 0.293. The second-order valence-electron chi connectivity index (χ2n) is 4.69. The lowest BCUT2D eigenvalue weighted by molar-refractivity contribution is -0.135. The number of aliphatic hydroxyl groups excluding tert-OH is 1. The molecular weight excluding hydrogens is 312 g/mol. The maximum atomic E-state index is 11.8. The number of nitrogens with one attached hydrogen (secondary N) is 2. The average Bonchev–Trinajstić information content (AvgIpc) is 2.60. The van der Waals surface area contributed by atoms with Crippen molar-refractivity contribution in [3.8, 4) is 5.75 Å². The minimum absolute atomic E-state index is 0.0621. The van der Waals surface area contributed by atoms with E-state index in [-0.39, 0.29) is 17.1 Å². The fraction of sp³-hybridized carbons (Fsp3) is 0. The molecule has 0 fully saturated rings. The van der Waals surface area contributed by atoms with Crippen LogP contribution in [-0.2, 0) is 9.59 Å². The summed E-state index contributed by atoms with van der Waals surface area (Å²) >= 11 is 0. The lowest BCUT2D eigenvalue weighted by Gasteiger charge is -2.07. The van der Waals surface area contributed by atoms with Crippen molar-refractivity contribution in [1.82, 2.24) is 10.9 Å². The molecule has 0 aromatic heterocycles. The van der Waals surface area contributed by atoms with Gasteiger partial charge in [0.2, 0.25) is 5.78 Å². The van der Waals surface area contributed by atoms with Crippen LogP contribution in [0.25, 0.3) is 5.76 Å². The highest BCUT2D eigenvalue weighted by molar-refractivity contribution is 6.41. The summed E-state index contributed by atoms with van der Waals surface area (Å²) in [6.07, 6.45) is 0.747. The van der Waals surface area contributed by atoms with Crippen molar-refractivity contribution in [3.05, 3.63) is 71.8 Å². The maximum Gasteiger partial charge on any atom is 0.310 e. The van der Waals surface area contributed by atoms with Gasteiger partial charge in [-0.15, -0.1) is 0 Å². The molecule has 0 saturated carbocycles. The number of benzene rings is 2. The van der Waals surface area contributed by atoms with Gasteiger partial charge in [0.05, 0.1) is 5.56 Å². The molecule has 2 amide bonds. The lowest BCUT2D eigenvalue weighted by Crippen LogP contribution is -2.44. The van der Waals surface area contributed by atoms with Crippen LogP contribution < -0.4 is 10.9 Å². The molecule has 0 atom stereocenters. The number of carbonyl (C=O) groups is 3. The molecule has 0 aliphatic heterocycles. The Hall–Kier alpha value is -3.61. The van der Waals surface area contributed by atoms with Crippen LogP contribution in [0.3, 0.4) is 0 Å². The third-order valence-electron chi connectivity index (χ3n) is 3.00. The maximum absolute atomic E-state index is 11.8. The first kappa shape index (κ1) is 16.8. The molecule has 0 radical (unpaired) electrons. The highest BCUT2D eigenvalue weighted by atomic mass is 16.3. The summed E-state index contributed by atoms with van der Waals surface area (Å²) < 4.78 is 0. The zero-order valence-electron chi connectivity index (χ0n) is 12.4. The Bertz CT molecular complexity index is 800. The number of hydrazine groups is 1. The Morgan fingerprint density at radius 3 is 2.17 bits per heavy atom. The number of amides is 2. The van der Waals surface area contributed by atoms with E-state index < -0.39 is 17.6 Å². The smallest absolute Gasteiger partial charge is 0.310 e. The van der Waals surface area contributed by atoms with E-state index in [0.717, 1.165) is 6.08 Å². The van der Waals surface area contributed by atoms with Crippen LogP contribution in [0, 0.1) is 0 Å². The number of para-hydroxylation sites is 1. The molecule has 7 nitrogen and oxygen atoms in total. The summed E-state index contributed by atoms with van der Waals surface area (Å²) in [5, 5.41) is 19.3. The van der Waals surface area contributed by atoms with Gasteiger partial charge < -0.3 is 10.2 Å². The Morgan fingerprint density at radius 2 is 1.50 bits per heavy atom. The molecule has 0 bridgehead atoms. The van der Waals surface area contributed by atoms with Crippen LogP contribution in [0.4, 0.5) is 0 Å². The van der Waals surface area contributed by atoms with Crippen molar-refractivity contribution in [2.75, 3.05) is 0 Å². The summed E-state index contributed by atoms with van der Waals surface area (Å²) in [6, 6.07) is 13.9. The van der Waals surface area contributed by atoms with E-state index >= 15 is 0 Å². The van der Waals surface area contributed by atoms with Gasteiger partial charge in [0.15, 0.2) is 0 Å². The number of ketones is 1. The minimum Gasteiger partial charge on any atom is -0.507 e. The summed E-state index contributed by atoms with van der Waals surface area (Å²) in [7, 11) is 0. The van der Waals surface area contributed by atoms with Crippen molar-refractivity contribution < 1.29 is 24.6 Å². The first-order valence-corrected chi connectivity index (χ1v) is 6.87. The van der Waals surface area contributed by atoms with E-state index in [1.54, 1.807) is 30.3 Å². The molecular formula is C17H14N2O5. The predicted octanol–water partition coefficient (Wildman–Crippen LogP) is 1.32. The van der Waals surface area contributed by atoms with Crippen molar-refractivity contribution in [1.29, 1.82) is 0 Å². The number of phenols is 1. The number of aliphatic hydroxyl groups is 1. The number of rotatable bonds is 4. The molecule has 0 saturated heterocycles. The van der Waals surface area contributed by atoms with E-state index in [1.165, 1.54) is 24.3 Å². The highest BCUT2D eigenvalue weighted by Gasteiger charge is 2.15. The molecule has 2 aromatic rings. The summed E-state index contributed by atoms with van der Waals surface area (Å²) in [4.78, 5) is 35.1. The molecule has 2 rings (SSSR count). The number of carbonyl (C=O) groups excluding carboxylic acids is 3. The van der Waals surface area contributed by atoms with Crippen LogP contribution in [0.15, 0.2) is 60.7 Å². The number of hydrogen-bond donors (Lipinski definition) is 4. The highest BCUT2D eigenvalue weighted by Crippen LogP contribution is 2.14. The van der Waals surface area contributed by atoms with Crippen LogP contribution >= 0.6 is 0 Å². The first-order chi connectivity index (χ1) is 11.5. The summed E-state index contributed by atoms with van der Waals surface area (Å²) in [5.74, 6) is -3.61. The first-order valence-electron chi connectivity index (χ1n) is 6.87. The number of hydrogen-bond acceptors (Lipinski definition) is 5. The fourth-order valence-corrected chi connectivity index (χ4v) is 1.79. The predicted molar refractivity (Wildman–Crippen MR) is 85.8 cm³/mol. The Labute approximate surface area is 137 Å². The molecule has 4 N–H and O–H groups in total. The van der Waals surface area contributed by atoms with Crippen LogP contribution in [0.1, 0.15) is 15.9 Å². The largest absolute Gasteiger partial charge is 0.507 e. The Kier molecular flexibility index (Phi) is 5.30. The topological polar surface area (TPSA) is 116 Å². The van der Waals surface area contributed by atoms with E-state index in [4.69, 9.17) is 0 Å². The van der Waals surface area contributed by atoms with Gasteiger partial charge in [-0.25, -0.2) is 0 Å². The van der Waals surface area contributed by atoms with E-state index in [0.29, 0.717) is 5.56 Å². The third-order valence-corrected chi connectivity index (χ3v) is 3.00. The zero-order valence-corrected chi connectivity index (χ0v) is 12.4. The van der Waals surface area contributed by atoms with Gasteiger partial charge in [0, 0.05) is 11.6 Å². The second-order valence-corrected chi connectivity index (χ2v) is 4.69. The number of phenolic OH excluding ortho intramolecular Hbond substituents is 1. The van der Waals surface area contributed by atoms with Gasteiger partial charge in [-0.1, -0.05) is 42.5 Å². The molecule has 24 heavy (non-hydrogen) atoms. The lowest BCUT2D eigenvalue weighted by atomic mass is 10.1. The number of aromatic hydroxyl groups is 1. The van der Waals surface area contributed by atoms with E-state index in [9.17, 15) is 24.6 Å². The molecule has 0 spiro atoms. The monoisotopic (exact) mass is 326 g/mol. The molecule has 0 heterocycles.